The zero-order valence-electron chi connectivity index (χ0n) is 6.60. The predicted molar refractivity (Wildman–Crippen MR) is 46.7 cm³/mol. The zero-order valence-corrected chi connectivity index (χ0v) is 11.8. The number of halogens is 1. The van der Waals surface area contributed by atoms with Gasteiger partial charge < -0.3 is 9.66 Å². The van der Waals surface area contributed by atoms with Crippen LogP contribution >= 0.6 is 27.3 Å². The molecule has 0 aliphatic heterocycles. The van der Waals surface area contributed by atoms with Gasteiger partial charge in [0, 0.05) is 5.56 Å². The summed E-state index contributed by atoms with van der Waals surface area (Å²) in [5.41, 5.74) is -1.88. The van der Waals surface area contributed by atoms with Gasteiger partial charge in [-0.25, -0.2) is 8.42 Å². The van der Waals surface area contributed by atoms with Gasteiger partial charge in [0.1, 0.15) is 10.1 Å². The quantitative estimate of drug-likeness (QED) is 0.508. The first kappa shape index (κ1) is 14.1. The molecule has 1 aromatic rings. The number of hydrogen-bond acceptors (Lipinski definition) is 5. The van der Waals surface area contributed by atoms with Crippen LogP contribution in [0.25, 0.3) is 0 Å². The van der Waals surface area contributed by atoms with E-state index in [0.717, 1.165) is 0 Å². The molecule has 0 fully saturated rings. The summed E-state index contributed by atoms with van der Waals surface area (Å²) in [5.74, 6) is 0. The van der Waals surface area contributed by atoms with Gasteiger partial charge in [0.05, 0.1) is 3.79 Å². The van der Waals surface area contributed by atoms with Crippen molar-refractivity contribution in [1.29, 1.82) is 0 Å². The van der Waals surface area contributed by atoms with Crippen molar-refractivity contribution in [3.05, 3.63) is 20.8 Å². The van der Waals surface area contributed by atoms with Crippen LogP contribution in [0.1, 0.15) is 11.0 Å². The Kier molecular flexibility index (Phi) is 5.64. The first-order chi connectivity index (χ1) is 5.43. The molecule has 1 heterocycles. The Morgan fingerprint density at radius 2 is 2.15 bits per heavy atom. The summed E-state index contributed by atoms with van der Waals surface area (Å²) in [6, 6.07) is 1.38. The molecule has 0 bridgehead atoms. The van der Waals surface area contributed by atoms with Gasteiger partial charge in [0.2, 0.25) is 0 Å². The molecule has 0 amide bonds. The molecule has 0 saturated carbocycles. The summed E-state index contributed by atoms with van der Waals surface area (Å²) in [5, 5.41) is 10.6. The molecule has 0 aromatic carbocycles. The van der Waals surface area contributed by atoms with Gasteiger partial charge in [-0.2, -0.15) is 0 Å². The van der Waals surface area contributed by atoms with Crippen molar-refractivity contribution < 1.29 is 47.6 Å². The molecule has 68 valence electrons. The molecule has 4 nitrogen and oxygen atoms in total. The molecular formula is C5H4BrNaO4S2. The third-order valence-corrected chi connectivity index (χ3v) is 3.72. The topological polar surface area (TPSA) is 77.4 Å². The van der Waals surface area contributed by atoms with Crippen LogP contribution in [0.3, 0.4) is 0 Å². The van der Waals surface area contributed by atoms with Crippen LogP contribution in [0, 0.1) is 0 Å². The van der Waals surface area contributed by atoms with Crippen molar-refractivity contribution in [3.63, 3.8) is 0 Å². The molecule has 0 radical (unpaired) electrons. The molecule has 0 aliphatic carbocycles. The van der Waals surface area contributed by atoms with Gasteiger partial charge in [-0.1, -0.05) is 0 Å². The first-order valence-electron chi connectivity index (χ1n) is 2.78. The summed E-state index contributed by atoms with van der Waals surface area (Å²) < 4.78 is 31.5. The van der Waals surface area contributed by atoms with E-state index in [0.29, 0.717) is 3.79 Å². The monoisotopic (exact) mass is 294 g/mol. The molecule has 1 atom stereocenters. The maximum atomic E-state index is 10.4. The second kappa shape index (κ2) is 5.22. The van der Waals surface area contributed by atoms with Crippen LogP contribution in [-0.2, 0) is 10.1 Å². The third kappa shape index (κ3) is 3.60. The van der Waals surface area contributed by atoms with Gasteiger partial charge in [0.25, 0.3) is 0 Å². The second-order valence-corrected chi connectivity index (χ2v) is 5.66. The normalized spacial score (nSPS) is 13.5. The van der Waals surface area contributed by atoms with Crippen molar-refractivity contribution in [2.75, 3.05) is 0 Å². The molecule has 0 saturated heterocycles. The Labute approximate surface area is 110 Å². The van der Waals surface area contributed by atoms with Crippen LogP contribution in [0.15, 0.2) is 15.2 Å². The largest absolute Gasteiger partial charge is 1.00 e. The summed E-state index contributed by atoms with van der Waals surface area (Å²) in [6.45, 7) is 0. The Morgan fingerprint density at radius 3 is 2.46 bits per heavy atom. The second-order valence-electron chi connectivity index (χ2n) is 1.99. The van der Waals surface area contributed by atoms with Crippen LogP contribution in [0.2, 0.25) is 0 Å². The van der Waals surface area contributed by atoms with E-state index in [1.54, 1.807) is 5.38 Å². The SMILES string of the molecule is O=S(=O)([O-])C(O)c1ccsc1Br.[Na+]. The standard InChI is InChI=1S/C5H5BrO4S2.Na/c6-4-3(1-2-11-4)5(7)12(8,9)10;/h1-2,5,7H,(H,8,9,10);/q;+1/p-1. The molecule has 1 rings (SSSR count). The number of aliphatic hydroxyl groups is 1. The van der Waals surface area contributed by atoms with E-state index in [-0.39, 0.29) is 35.1 Å². The van der Waals surface area contributed by atoms with Gasteiger partial charge in [0.15, 0.2) is 5.44 Å². The molecule has 0 aliphatic rings. The van der Waals surface area contributed by atoms with Crippen molar-refractivity contribution in [3.8, 4) is 0 Å². The Morgan fingerprint density at radius 1 is 1.62 bits per heavy atom. The van der Waals surface area contributed by atoms with Gasteiger partial charge in [-0.15, -0.1) is 11.3 Å². The van der Waals surface area contributed by atoms with Crippen molar-refractivity contribution in [2.45, 2.75) is 5.44 Å². The molecule has 1 N–H and O–H groups in total. The molecular weight excluding hydrogens is 291 g/mol. The molecule has 1 unspecified atom stereocenters. The molecule has 13 heavy (non-hydrogen) atoms. The average molecular weight is 295 g/mol. The zero-order chi connectivity index (χ0) is 9.35. The van der Waals surface area contributed by atoms with Gasteiger partial charge >= 0.3 is 29.6 Å². The van der Waals surface area contributed by atoms with Crippen molar-refractivity contribution in [2.24, 2.45) is 0 Å². The van der Waals surface area contributed by atoms with Gasteiger partial charge in [-0.3, -0.25) is 0 Å². The summed E-state index contributed by atoms with van der Waals surface area (Å²) in [4.78, 5) is 0. The molecule has 8 heteroatoms. The summed E-state index contributed by atoms with van der Waals surface area (Å²) >= 11 is 4.22. The Bertz CT molecular complexity index is 374. The Hall–Kier alpha value is 1.05. The van der Waals surface area contributed by atoms with E-state index in [4.69, 9.17) is 5.11 Å². The van der Waals surface area contributed by atoms with E-state index in [9.17, 15) is 13.0 Å². The fourth-order valence-corrected chi connectivity index (χ4v) is 2.69. The van der Waals surface area contributed by atoms with E-state index < -0.39 is 15.6 Å². The van der Waals surface area contributed by atoms with Crippen LogP contribution < -0.4 is 29.6 Å². The van der Waals surface area contributed by atoms with E-state index in [1.807, 2.05) is 0 Å². The first-order valence-corrected chi connectivity index (χ1v) is 5.93. The van der Waals surface area contributed by atoms with E-state index in [1.165, 1.54) is 17.4 Å². The number of hydrogen-bond donors (Lipinski definition) is 1. The predicted octanol–water partition coefficient (Wildman–Crippen LogP) is -1.95. The van der Waals surface area contributed by atoms with Crippen LogP contribution in [0.5, 0.6) is 0 Å². The minimum Gasteiger partial charge on any atom is -0.746 e. The van der Waals surface area contributed by atoms with Crippen molar-refractivity contribution >= 4 is 37.4 Å². The smallest absolute Gasteiger partial charge is 0.746 e. The number of aliphatic hydroxyl groups excluding tert-OH is 1. The fraction of sp³-hybridized carbons (Fsp3) is 0.200. The maximum absolute atomic E-state index is 10.4. The van der Waals surface area contributed by atoms with Crippen LogP contribution in [-0.4, -0.2) is 18.1 Å². The fourth-order valence-electron chi connectivity index (χ4n) is 0.636. The number of rotatable bonds is 2. The Balaban J connectivity index is 0.00000144. The maximum Gasteiger partial charge on any atom is 1.00 e. The summed E-state index contributed by atoms with van der Waals surface area (Å²) in [6.07, 6.45) is 0. The summed E-state index contributed by atoms with van der Waals surface area (Å²) in [7, 11) is -4.67. The van der Waals surface area contributed by atoms with Gasteiger partial charge in [-0.05, 0) is 27.4 Å². The van der Waals surface area contributed by atoms with E-state index >= 15 is 0 Å². The minimum absolute atomic E-state index is 0. The van der Waals surface area contributed by atoms with Crippen LogP contribution in [0.4, 0.5) is 0 Å². The molecule has 0 spiro atoms. The third-order valence-electron chi connectivity index (χ3n) is 1.19. The average Bonchev–Trinajstić information content (AvgIpc) is 2.31. The molecule has 1 aromatic heterocycles. The van der Waals surface area contributed by atoms with Crippen molar-refractivity contribution in [1.82, 2.24) is 0 Å². The van der Waals surface area contributed by atoms with E-state index in [2.05, 4.69) is 15.9 Å². The minimum atomic E-state index is -4.67. The number of thiophene rings is 1.